The number of rotatable bonds is 20. The van der Waals surface area contributed by atoms with Crippen LogP contribution in [-0.2, 0) is 47.2 Å². The lowest BCUT2D eigenvalue weighted by Gasteiger charge is -2.42. The Balaban J connectivity index is 1.52. The van der Waals surface area contributed by atoms with Crippen LogP contribution in [0.1, 0.15) is 121 Å². The molecule has 1 aromatic rings. The molecule has 1 aromatic carbocycles. The fraction of sp³-hybridized carbons (Fsp3) is 0.780. The number of carbonyl (C=O) groups is 1. The number of hydrogen-bond donors (Lipinski definition) is 0. The van der Waals surface area contributed by atoms with Crippen LogP contribution in [0, 0.1) is 17.3 Å². The van der Waals surface area contributed by atoms with Gasteiger partial charge in [0, 0.05) is 25.9 Å². The zero-order valence-corrected chi connectivity index (χ0v) is 44.7. The Hall–Kier alpha value is -1.69. The van der Waals surface area contributed by atoms with Crippen molar-refractivity contribution in [3.05, 3.63) is 54.6 Å². The molecule has 0 bridgehead atoms. The Kier molecular flexibility index (Phi) is 18.4. The summed E-state index contributed by atoms with van der Waals surface area (Å²) in [4.78, 5) is 12.5. The largest absolute Gasteiger partial charge is 0.465 e. The second-order valence-electron chi connectivity index (χ2n) is 22.9. The highest BCUT2D eigenvalue weighted by Crippen LogP contribution is 2.44. The van der Waals surface area contributed by atoms with E-state index in [0.717, 1.165) is 49.7 Å². The third kappa shape index (κ3) is 14.7. The van der Waals surface area contributed by atoms with Crippen molar-refractivity contribution >= 4 is 32.4 Å². The van der Waals surface area contributed by atoms with Crippen LogP contribution in [0.5, 0.6) is 0 Å². The molecule has 0 spiro atoms. The summed E-state index contributed by atoms with van der Waals surface area (Å²) in [6, 6.07) is 8.68. The molecule has 3 heterocycles. The van der Waals surface area contributed by atoms with Crippen LogP contribution in [-0.4, -0.2) is 106 Å². The van der Waals surface area contributed by atoms with Gasteiger partial charge in [-0.25, -0.2) is 8.42 Å². The topological polar surface area (TPSA) is 116 Å². The van der Waals surface area contributed by atoms with Crippen molar-refractivity contribution in [1.82, 2.24) is 0 Å². The van der Waals surface area contributed by atoms with Gasteiger partial charge in [-0.2, -0.15) is 0 Å². The van der Waals surface area contributed by atoms with E-state index < -0.39 is 56.1 Å². The second-order valence-corrected chi connectivity index (χ2v) is 34.5. The van der Waals surface area contributed by atoms with Gasteiger partial charge in [0.1, 0.15) is 0 Å². The molecule has 0 aromatic heterocycles. The van der Waals surface area contributed by atoms with E-state index in [0.29, 0.717) is 26.1 Å². The predicted octanol–water partition coefficient (Wildman–Crippen LogP) is 11.3. The van der Waals surface area contributed by atoms with Gasteiger partial charge in [-0.05, 0) is 125 Å². The molecule has 3 aliphatic rings. The lowest BCUT2D eigenvalue weighted by Crippen LogP contribution is -2.49. The summed E-state index contributed by atoms with van der Waals surface area (Å²) in [7, 11) is -6.41. The molecular weight excluding hydrogens is 849 g/mol. The zero-order chi connectivity index (χ0) is 47.3. The highest BCUT2D eigenvalue weighted by molar-refractivity contribution is 7.91. The maximum atomic E-state index is 14.2. The highest BCUT2D eigenvalue weighted by atomic mass is 32.2. The molecule has 63 heavy (non-hydrogen) atoms. The molecule has 360 valence electrons. The third-order valence-electron chi connectivity index (χ3n) is 14.6. The molecule has 3 aliphatic heterocycles. The van der Waals surface area contributed by atoms with Crippen LogP contribution in [0.25, 0.3) is 0 Å². The Labute approximate surface area is 385 Å². The molecule has 10 atom stereocenters. The van der Waals surface area contributed by atoms with E-state index in [-0.39, 0.29) is 63.1 Å². The first-order valence-electron chi connectivity index (χ1n) is 23.6. The summed E-state index contributed by atoms with van der Waals surface area (Å²) in [5.41, 5.74) is 1.59. The van der Waals surface area contributed by atoms with Gasteiger partial charge in [-0.3, -0.25) is 4.79 Å². The number of hydrogen-bond acceptors (Lipinski definition) is 10. The van der Waals surface area contributed by atoms with Crippen molar-refractivity contribution in [3.63, 3.8) is 0 Å². The van der Waals surface area contributed by atoms with Crippen molar-refractivity contribution < 1.29 is 45.7 Å². The number of methoxy groups -OCH3 is 1. The average molecular weight is 935 g/mol. The minimum absolute atomic E-state index is 0.0249. The Morgan fingerprint density at radius 3 is 2.05 bits per heavy atom. The standard InChI is InChI=1S/C50H86O10SSi2/c1-34-28-38(25-26-42-35(2)29-37(57-42)22-21-27-55-47(51)48(4,5)6)58-43(36(34)3)31-44-41(33-61(52,53)40-23-19-18-20-24-40)46(54-13)45(59-44)30-39(60-63(16,17)50(10,11)12)32-56-62(14,15)49(7,8)9/h18-20,23-24,34,37-39,41-46H,2-3,21-22,25-33H2,1,4-17H3/t34-,37+,38+,39+,41+,42+,43-,44+,45-,46-/m1/s1. The molecule has 0 amide bonds. The SMILES string of the molecule is C=C1C[C@H](CCCOC(=O)C(C)(C)C)O[C@H]1CC[C@H]1C[C@@H](C)C(=C)[C@@H](C[C@@H]2O[C@H](C[C@@H](CO[Si](C)(C)C(C)(C)C)O[Si](C)(C)C(C)(C)C)[C@H](OC)[C@H]2CS(=O)(=O)c2ccccc2)O1. The molecule has 10 nitrogen and oxygen atoms in total. The summed E-state index contributed by atoms with van der Waals surface area (Å²) in [5, 5.41) is 0.00122. The van der Waals surface area contributed by atoms with Gasteiger partial charge >= 0.3 is 5.97 Å². The molecule has 4 rings (SSSR count). The van der Waals surface area contributed by atoms with Crippen LogP contribution in [0.3, 0.4) is 0 Å². The van der Waals surface area contributed by atoms with E-state index in [1.807, 2.05) is 26.8 Å². The monoisotopic (exact) mass is 935 g/mol. The van der Waals surface area contributed by atoms with E-state index in [4.69, 9.17) is 32.5 Å². The normalized spacial score (nSPS) is 28.4. The van der Waals surface area contributed by atoms with Gasteiger partial charge in [0.25, 0.3) is 0 Å². The van der Waals surface area contributed by atoms with E-state index in [2.05, 4.69) is 87.8 Å². The molecule has 13 heteroatoms. The van der Waals surface area contributed by atoms with Crippen molar-refractivity contribution in [2.24, 2.45) is 17.3 Å². The van der Waals surface area contributed by atoms with Crippen molar-refractivity contribution in [1.29, 1.82) is 0 Å². The van der Waals surface area contributed by atoms with Crippen LogP contribution in [0.15, 0.2) is 59.5 Å². The molecule has 0 saturated carbocycles. The summed E-state index contributed by atoms with van der Waals surface area (Å²) < 4.78 is 74.5. The van der Waals surface area contributed by atoms with Gasteiger partial charge in [-0.15, -0.1) is 0 Å². The quantitative estimate of drug-likeness (QED) is 0.0541. The highest BCUT2D eigenvalue weighted by Gasteiger charge is 2.50. The number of sulfone groups is 1. The first-order valence-corrected chi connectivity index (χ1v) is 31.0. The lowest BCUT2D eigenvalue weighted by atomic mass is 9.83. The summed E-state index contributed by atoms with van der Waals surface area (Å²) in [5.74, 6) is -0.559. The molecule has 0 N–H and O–H groups in total. The Morgan fingerprint density at radius 1 is 0.841 bits per heavy atom. The second kappa shape index (κ2) is 21.5. The summed E-state index contributed by atoms with van der Waals surface area (Å²) in [6.45, 7) is 40.0. The third-order valence-corrected chi connectivity index (χ3v) is 25.5. The van der Waals surface area contributed by atoms with Crippen molar-refractivity contribution in [2.45, 2.75) is 211 Å². The number of carbonyl (C=O) groups excluding carboxylic acids is 1. The molecule has 0 unspecified atom stereocenters. The zero-order valence-electron chi connectivity index (χ0n) is 41.8. The van der Waals surface area contributed by atoms with Crippen molar-refractivity contribution in [2.75, 3.05) is 26.1 Å². The number of esters is 1. The number of benzene rings is 1. The van der Waals surface area contributed by atoms with E-state index >= 15 is 0 Å². The maximum absolute atomic E-state index is 14.2. The maximum Gasteiger partial charge on any atom is 0.311 e. The van der Waals surface area contributed by atoms with Gasteiger partial charge in [0.15, 0.2) is 26.5 Å². The van der Waals surface area contributed by atoms with E-state index in [1.54, 1.807) is 31.4 Å². The van der Waals surface area contributed by atoms with Gasteiger partial charge in [0.05, 0.1) is 78.1 Å². The Morgan fingerprint density at radius 2 is 1.46 bits per heavy atom. The van der Waals surface area contributed by atoms with Crippen LogP contribution < -0.4 is 0 Å². The van der Waals surface area contributed by atoms with Gasteiger partial charge in [0.2, 0.25) is 0 Å². The fourth-order valence-electron chi connectivity index (χ4n) is 8.45. The average Bonchev–Trinajstić information content (AvgIpc) is 3.68. The Bertz CT molecular complexity index is 1780. The number of ether oxygens (including phenoxy) is 5. The fourth-order valence-corrected chi connectivity index (χ4v) is 12.5. The van der Waals surface area contributed by atoms with E-state index in [9.17, 15) is 13.2 Å². The van der Waals surface area contributed by atoms with Gasteiger partial charge in [-0.1, -0.05) is 79.8 Å². The van der Waals surface area contributed by atoms with Crippen LogP contribution in [0.4, 0.5) is 0 Å². The van der Waals surface area contributed by atoms with Crippen molar-refractivity contribution in [3.8, 4) is 0 Å². The van der Waals surface area contributed by atoms with Crippen LogP contribution >= 0.6 is 0 Å². The molecule has 0 aliphatic carbocycles. The first-order chi connectivity index (χ1) is 29.0. The minimum atomic E-state index is -3.70. The molecule has 3 saturated heterocycles. The van der Waals surface area contributed by atoms with Gasteiger partial charge < -0.3 is 32.5 Å². The first kappa shape index (κ1) is 53.9. The molecule has 0 radical (unpaired) electrons. The van der Waals surface area contributed by atoms with E-state index in [1.165, 1.54) is 0 Å². The molecular formula is C50H86O10SSi2. The lowest BCUT2D eigenvalue weighted by molar-refractivity contribution is -0.153. The summed E-state index contributed by atoms with van der Waals surface area (Å²) in [6.07, 6.45) is 3.78. The minimum Gasteiger partial charge on any atom is -0.465 e. The predicted molar refractivity (Wildman–Crippen MR) is 259 cm³/mol. The van der Waals surface area contributed by atoms with Crippen LogP contribution in [0.2, 0.25) is 36.3 Å². The molecule has 3 fully saturated rings. The smallest absolute Gasteiger partial charge is 0.311 e. The summed E-state index contributed by atoms with van der Waals surface area (Å²) >= 11 is 0.